The van der Waals surface area contributed by atoms with Crippen LogP contribution < -0.4 is 5.32 Å². The number of nitrogens with zero attached hydrogens (tertiary/aromatic N) is 3. The van der Waals surface area contributed by atoms with Crippen LogP contribution in [0.3, 0.4) is 0 Å². The van der Waals surface area contributed by atoms with Crippen molar-refractivity contribution in [2.45, 2.75) is 26.2 Å². The second kappa shape index (κ2) is 5.48. The van der Waals surface area contributed by atoms with E-state index in [4.69, 9.17) is 5.11 Å². The fourth-order valence-electron chi connectivity index (χ4n) is 1.80. The zero-order valence-corrected chi connectivity index (χ0v) is 10.3. The van der Waals surface area contributed by atoms with Crippen molar-refractivity contribution in [3.05, 3.63) is 24.0 Å². The first kappa shape index (κ1) is 12.3. The molecule has 0 radical (unpaired) electrons. The summed E-state index contributed by atoms with van der Waals surface area (Å²) in [4.78, 5) is 14.5. The van der Waals surface area contributed by atoms with E-state index in [2.05, 4.69) is 15.4 Å². The number of aryl methyl sites for hydroxylation is 1. The predicted molar refractivity (Wildman–Crippen MR) is 67.7 cm³/mol. The molecular weight excluding hydrogens is 232 g/mol. The number of nitrogens with one attached hydrogen (secondary N) is 1. The summed E-state index contributed by atoms with van der Waals surface area (Å²) in [5.74, 6) is 0.141. The molecule has 2 aromatic heterocycles. The zero-order valence-electron chi connectivity index (χ0n) is 10.3. The third kappa shape index (κ3) is 2.97. The third-order valence-electron chi connectivity index (χ3n) is 2.65. The Morgan fingerprint density at radius 2 is 2.28 bits per heavy atom. The topological polar surface area (TPSA) is 79.5 Å². The number of anilines is 1. The van der Waals surface area contributed by atoms with Crippen molar-refractivity contribution >= 4 is 17.4 Å². The minimum absolute atomic E-state index is 0.217. The Bertz CT molecular complexity index is 550. The van der Waals surface area contributed by atoms with Crippen LogP contribution in [0.4, 0.5) is 5.82 Å². The number of rotatable bonds is 6. The molecule has 6 heteroatoms. The van der Waals surface area contributed by atoms with Crippen LogP contribution in [-0.2, 0) is 4.79 Å². The first-order chi connectivity index (χ1) is 8.66. The van der Waals surface area contributed by atoms with Gasteiger partial charge in [-0.3, -0.25) is 4.79 Å². The van der Waals surface area contributed by atoms with Crippen LogP contribution in [-0.4, -0.2) is 32.2 Å². The first-order valence-electron chi connectivity index (χ1n) is 5.93. The van der Waals surface area contributed by atoms with Gasteiger partial charge in [-0.05, 0) is 37.5 Å². The lowest BCUT2D eigenvalue weighted by Gasteiger charge is -2.08. The molecule has 2 N–H and O–H groups in total. The van der Waals surface area contributed by atoms with Crippen molar-refractivity contribution < 1.29 is 9.90 Å². The number of carboxylic acid groups (broad SMARTS) is 1. The van der Waals surface area contributed by atoms with Crippen LogP contribution in [0.25, 0.3) is 5.65 Å². The fourth-order valence-corrected chi connectivity index (χ4v) is 1.80. The Kier molecular flexibility index (Phi) is 3.76. The monoisotopic (exact) mass is 248 g/mol. The molecule has 6 nitrogen and oxygen atoms in total. The molecule has 0 aromatic carbocycles. The number of carbonyl (C=O) groups is 1. The predicted octanol–water partition coefficient (Wildman–Crippen LogP) is 1.70. The van der Waals surface area contributed by atoms with Crippen molar-refractivity contribution in [1.29, 1.82) is 0 Å². The van der Waals surface area contributed by atoms with E-state index >= 15 is 0 Å². The Morgan fingerprint density at radius 1 is 1.44 bits per heavy atom. The largest absolute Gasteiger partial charge is 0.481 e. The van der Waals surface area contributed by atoms with Gasteiger partial charge in [-0.25, -0.2) is 4.98 Å². The molecule has 0 aliphatic carbocycles. The number of hydrogen-bond acceptors (Lipinski definition) is 4. The first-order valence-corrected chi connectivity index (χ1v) is 5.93. The quantitative estimate of drug-likeness (QED) is 0.761. The standard InChI is InChI=1S/C12H16N4O2/c1-9-6-10(13-5-3-2-4-12(17)18)16-11(7-9)14-8-15-16/h6-8,13H,2-5H2,1H3,(H,17,18). The number of pyridine rings is 1. The second-order valence-corrected chi connectivity index (χ2v) is 4.23. The highest BCUT2D eigenvalue weighted by atomic mass is 16.4. The van der Waals surface area contributed by atoms with E-state index in [-0.39, 0.29) is 6.42 Å². The molecule has 0 fully saturated rings. The van der Waals surface area contributed by atoms with Crippen LogP contribution in [0.15, 0.2) is 18.5 Å². The van der Waals surface area contributed by atoms with Crippen LogP contribution in [0.2, 0.25) is 0 Å². The van der Waals surface area contributed by atoms with Crippen molar-refractivity contribution in [1.82, 2.24) is 14.6 Å². The minimum atomic E-state index is -0.746. The smallest absolute Gasteiger partial charge is 0.303 e. The number of carboxylic acids is 1. The van der Waals surface area contributed by atoms with Gasteiger partial charge in [-0.2, -0.15) is 9.61 Å². The van der Waals surface area contributed by atoms with E-state index in [1.807, 2.05) is 19.1 Å². The molecule has 18 heavy (non-hydrogen) atoms. The zero-order chi connectivity index (χ0) is 13.0. The van der Waals surface area contributed by atoms with E-state index < -0.39 is 5.97 Å². The van der Waals surface area contributed by atoms with Crippen molar-refractivity contribution in [2.24, 2.45) is 0 Å². The number of hydrogen-bond donors (Lipinski definition) is 2. The molecular formula is C12H16N4O2. The number of aliphatic carboxylic acids is 1. The van der Waals surface area contributed by atoms with Crippen molar-refractivity contribution in [3.8, 4) is 0 Å². The summed E-state index contributed by atoms with van der Waals surface area (Å²) in [5, 5.41) is 15.9. The molecule has 0 aliphatic rings. The van der Waals surface area contributed by atoms with Gasteiger partial charge in [0.25, 0.3) is 0 Å². The highest BCUT2D eigenvalue weighted by Crippen LogP contribution is 2.13. The maximum absolute atomic E-state index is 10.4. The van der Waals surface area contributed by atoms with Crippen LogP contribution in [0, 0.1) is 6.92 Å². The lowest BCUT2D eigenvalue weighted by atomic mass is 10.2. The summed E-state index contributed by atoms with van der Waals surface area (Å²) in [6.45, 7) is 2.73. The normalized spacial score (nSPS) is 10.7. The Morgan fingerprint density at radius 3 is 3.06 bits per heavy atom. The van der Waals surface area contributed by atoms with Crippen molar-refractivity contribution in [2.75, 3.05) is 11.9 Å². The van der Waals surface area contributed by atoms with Crippen LogP contribution in [0.5, 0.6) is 0 Å². The van der Waals surface area contributed by atoms with Crippen LogP contribution in [0.1, 0.15) is 24.8 Å². The summed E-state index contributed by atoms with van der Waals surface area (Å²) < 4.78 is 1.74. The highest BCUT2D eigenvalue weighted by molar-refractivity contribution is 5.66. The second-order valence-electron chi connectivity index (χ2n) is 4.23. The van der Waals surface area contributed by atoms with Gasteiger partial charge in [-0.1, -0.05) is 0 Å². The fraction of sp³-hybridized carbons (Fsp3) is 0.417. The third-order valence-corrected chi connectivity index (χ3v) is 2.65. The average Bonchev–Trinajstić information content (AvgIpc) is 2.75. The molecule has 0 atom stereocenters. The highest BCUT2D eigenvalue weighted by Gasteiger charge is 2.03. The molecule has 2 aromatic rings. The molecule has 96 valence electrons. The molecule has 0 amide bonds. The van der Waals surface area contributed by atoms with Gasteiger partial charge < -0.3 is 10.4 Å². The maximum Gasteiger partial charge on any atom is 0.303 e. The molecule has 0 spiro atoms. The molecule has 2 rings (SSSR count). The van der Waals surface area contributed by atoms with E-state index in [1.165, 1.54) is 6.33 Å². The number of fused-ring (bicyclic) bond motifs is 1. The maximum atomic E-state index is 10.4. The van der Waals surface area contributed by atoms with Gasteiger partial charge >= 0.3 is 5.97 Å². The number of unbranched alkanes of at least 4 members (excludes halogenated alkanes) is 1. The summed E-state index contributed by atoms with van der Waals surface area (Å²) in [7, 11) is 0. The summed E-state index contributed by atoms with van der Waals surface area (Å²) in [6, 6.07) is 3.96. The summed E-state index contributed by atoms with van der Waals surface area (Å²) in [5.41, 5.74) is 1.92. The molecule has 0 bridgehead atoms. The Balaban J connectivity index is 1.94. The van der Waals surface area contributed by atoms with E-state index in [1.54, 1.807) is 4.52 Å². The van der Waals surface area contributed by atoms with Gasteiger partial charge in [0, 0.05) is 13.0 Å². The molecule has 2 heterocycles. The summed E-state index contributed by atoms with van der Waals surface area (Å²) in [6.07, 6.45) is 3.23. The lowest BCUT2D eigenvalue weighted by molar-refractivity contribution is -0.137. The van der Waals surface area contributed by atoms with Gasteiger partial charge in [-0.15, -0.1) is 0 Å². The Hall–Kier alpha value is -2.11. The lowest BCUT2D eigenvalue weighted by Crippen LogP contribution is -2.07. The number of aromatic nitrogens is 3. The Labute approximate surface area is 105 Å². The summed E-state index contributed by atoms with van der Waals surface area (Å²) >= 11 is 0. The van der Waals surface area contributed by atoms with Crippen LogP contribution >= 0.6 is 0 Å². The van der Waals surface area contributed by atoms with E-state index in [0.29, 0.717) is 6.42 Å². The van der Waals surface area contributed by atoms with E-state index in [0.717, 1.165) is 30.0 Å². The van der Waals surface area contributed by atoms with Gasteiger partial charge in [0.15, 0.2) is 5.65 Å². The molecule has 0 saturated heterocycles. The molecule has 0 unspecified atom stereocenters. The van der Waals surface area contributed by atoms with Gasteiger partial charge in [0.2, 0.25) is 0 Å². The molecule has 0 saturated carbocycles. The molecule has 0 aliphatic heterocycles. The van der Waals surface area contributed by atoms with Gasteiger partial charge in [0.05, 0.1) is 0 Å². The average molecular weight is 248 g/mol. The van der Waals surface area contributed by atoms with Crippen molar-refractivity contribution in [3.63, 3.8) is 0 Å². The van der Waals surface area contributed by atoms with E-state index in [9.17, 15) is 4.79 Å². The SMILES string of the molecule is Cc1cc(NCCCCC(=O)O)n2ncnc2c1. The minimum Gasteiger partial charge on any atom is -0.481 e. The van der Waals surface area contributed by atoms with Gasteiger partial charge in [0.1, 0.15) is 12.1 Å².